The normalized spacial score (nSPS) is 21.5. The lowest BCUT2D eigenvalue weighted by molar-refractivity contribution is 0.104. The van der Waals surface area contributed by atoms with Crippen molar-refractivity contribution in [1.82, 2.24) is 9.97 Å². The summed E-state index contributed by atoms with van der Waals surface area (Å²) in [5.41, 5.74) is 0.649. The Kier molecular flexibility index (Phi) is 6.95. The molecule has 174 valence electrons. The Bertz CT molecular complexity index is 1020. The SMILES string of the molecule is CCOc1cnc(N2CCC(C3CC3COCc3ccc(S(C)(=O)=O)c(F)c3)CC2)nc1. The van der Waals surface area contributed by atoms with Gasteiger partial charge in [0.05, 0.1) is 32.2 Å². The highest BCUT2D eigenvalue weighted by atomic mass is 32.2. The first-order valence-electron chi connectivity index (χ1n) is 11.1. The van der Waals surface area contributed by atoms with E-state index in [2.05, 4.69) is 14.9 Å². The van der Waals surface area contributed by atoms with Crippen molar-refractivity contribution in [2.24, 2.45) is 17.8 Å². The molecule has 32 heavy (non-hydrogen) atoms. The lowest BCUT2D eigenvalue weighted by Gasteiger charge is -2.32. The second-order valence-electron chi connectivity index (χ2n) is 8.69. The van der Waals surface area contributed by atoms with Crippen molar-refractivity contribution in [3.8, 4) is 5.75 Å². The highest BCUT2D eigenvalue weighted by Crippen LogP contribution is 2.48. The predicted octanol–water partition coefficient (Wildman–Crippen LogP) is 3.49. The van der Waals surface area contributed by atoms with E-state index in [1.807, 2.05) is 6.92 Å². The topological polar surface area (TPSA) is 81.6 Å². The second kappa shape index (κ2) is 9.70. The number of anilines is 1. The van der Waals surface area contributed by atoms with Gasteiger partial charge >= 0.3 is 0 Å². The zero-order valence-electron chi connectivity index (χ0n) is 18.5. The van der Waals surface area contributed by atoms with Gasteiger partial charge in [-0.2, -0.15) is 0 Å². The fraction of sp³-hybridized carbons (Fsp3) is 0.565. The number of rotatable bonds is 9. The van der Waals surface area contributed by atoms with E-state index in [4.69, 9.17) is 9.47 Å². The van der Waals surface area contributed by atoms with E-state index in [-0.39, 0.29) is 11.5 Å². The van der Waals surface area contributed by atoms with E-state index < -0.39 is 15.7 Å². The Morgan fingerprint density at radius 2 is 1.91 bits per heavy atom. The molecule has 4 rings (SSSR count). The van der Waals surface area contributed by atoms with Gasteiger partial charge in [-0.15, -0.1) is 0 Å². The average Bonchev–Trinajstić information content (AvgIpc) is 3.53. The van der Waals surface area contributed by atoms with Crippen molar-refractivity contribution in [1.29, 1.82) is 0 Å². The van der Waals surface area contributed by atoms with Gasteiger partial charge in [-0.05, 0) is 61.6 Å². The van der Waals surface area contributed by atoms with Gasteiger partial charge in [0.15, 0.2) is 15.6 Å². The standard InChI is InChI=1S/C23H30FN3O4S/c1-3-31-19-12-25-23(26-13-19)27-8-6-17(7-9-27)20-11-18(20)15-30-14-16-4-5-22(21(24)10-16)32(2,28)29/h4-5,10,12-13,17-18,20H,3,6-9,11,14-15H2,1-2H3. The van der Waals surface area contributed by atoms with Crippen LogP contribution in [-0.2, 0) is 21.2 Å². The second-order valence-corrected chi connectivity index (χ2v) is 10.7. The fourth-order valence-electron chi connectivity index (χ4n) is 4.54. The maximum atomic E-state index is 14.0. The van der Waals surface area contributed by atoms with E-state index in [1.54, 1.807) is 18.5 Å². The first kappa shape index (κ1) is 22.9. The van der Waals surface area contributed by atoms with E-state index in [1.165, 1.54) is 18.6 Å². The highest BCUT2D eigenvalue weighted by Gasteiger charge is 2.43. The summed E-state index contributed by atoms with van der Waals surface area (Å²) in [5.74, 6) is 2.66. The third-order valence-electron chi connectivity index (χ3n) is 6.33. The molecule has 2 atom stereocenters. The molecule has 0 amide bonds. The van der Waals surface area contributed by atoms with Gasteiger partial charge < -0.3 is 14.4 Å². The molecule has 7 nitrogen and oxygen atoms in total. The molecule has 2 unspecified atom stereocenters. The first-order valence-corrected chi connectivity index (χ1v) is 13.0. The molecule has 0 N–H and O–H groups in total. The van der Waals surface area contributed by atoms with Crippen molar-refractivity contribution in [2.45, 2.75) is 37.7 Å². The van der Waals surface area contributed by atoms with Crippen LogP contribution >= 0.6 is 0 Å². The number of piperidine rings is 1. The zero-order valence-corrected chi connectivity index (χ0v) is 19.4. The Hall–Kier alpha value is -2.26. The van der Waals surface area contributed by atoms with Crippen molar-refractivity contribution >= 4 is 15.8 Å². The number of sulfone groups is 1. The number of aromatic nitrogens is 2. The van der Waals surface area contributed by atoms with Crippen LogP contribution in [-0.4, -0.2) is 50.9 Å². The summed E-state index contributed by atoms with van der Waals surface area (Å²) < 4.78 is 48.2. The molecule has 1 aliphatic carbocycles. The predicted molar refractivity (Wildman–Crippen MR) is 119 cm³/mol. The summed E-state index contributed by atoms with van der Waals surface area (Å²) in [6.45, 7) is 5.39. The Balaban J connectivity index is 1.19. The van der Waals surface area contributed by atoms with Crippen molar-refractivity contribution < 1.29 is 22.3 Å². The number of benzene rings is 1. The zero-order chi connectivity index (χ0) is 22.7. The van der Waals surface area contributed by atoms with E-state index in [0.717, 1.165) is 38.1 Å². The van der Waals surface area contributed by atoms with Crippen LogP contribution in [0.25, 0.3) is 0 Å². The quantitative estimate of drug-likeness (QED) is 0.563. The van der Waals surface area contributed by atoms with E-state index in [0.29, 0.717) is 42.3 Å². The van der Waals surface area contributed by atoms with Gasteiger partial charge in [-0.1, -0.05) is 6.07 Å². The van der Waals surface area contributed by atoms with Gasteiger partial charge in [0.1, 0.15) is 10.7 Å². The average molecular weight is 464 g/mol. The van der Waals surface area contributed by atoms with Gasteiger partial charge in [0.25, 0.3) is 0 Å². The molecule has 1 saturated heterocycles. The molecule has 0 radical (unpaired) electrons. The number of hydrogen-bond donors (Lipinski definition) is 0. The number of ether oxygens (including phenoxy) is 2. The smallest absolute Gasteiger partial charge is 0.225 e. The summed E-state index contributed by atoms with van der Waals surface area (Å²) in [5, 5.41) is 0. The molecule has 2 aromatic rings. The van der Waals surface area contributed by atoms with Crippen LogP contribution in [0.15, 0.2) is 35.5 Å². The van der Waals surface area contributed by atoms with Gasteiger partial charge in [0.2, 0.25) is 5.95 Å². The molecule has 2 aliphatic rings. The molecule has 9 heteroatoms. The lowest BCUT2D eigenvalue weighted by Crippen LogP contribution is -2.35. The highest BCUT2D eigenvalue weighted by molar-refractivity contribution is 7.90. The van der Waals surface area contributed by atoms with Crippen LogP contribution in [0.5, 0.6) is 5.75 Å². The molecule has 1 aromatic heterocycles. The van der Waals surface area contributed by atoms with Crippen LogP contribution in [0.3, 0.4) is 0 Å². The van der Waals surface area contributed by atoms with Crippen molar-refractivity contribution in [3.05, 3.63) is 42.0 Å². The summed E-state index contributed by atoms with van der Waals surface area (Å²) in [6.07, 6.45) is 7.88. The van der Waals surface area contributed by atoms with E-state index >= 15 is 0 Å². The van der Waals surface area contributed by atoms with E-state index in [9.17, 15) is 12.8 Å². The van der Waals surface area contributed by atoms with Gasteiger partial charge in [-0.3, -0.25) is 0 Å². The molecular weight excluding hydrogens is 433 g/mol. The van der Waals surface area contributed by atoms with Crippen LogP contribution < -0.4 is 9.64 Å². The Morgan fingerprint density at radius 1 is 1.19 bits per heavy atom. The van der Waals surface area contributed by atoms with Crippen molar-refractivity contribution in [3.63, 3.8) is 0 Å². The molecule has 0 spiro atoms. The summed E-state index contributed by atoms with van der Waals surface area (Å²) in [4.78, 5) is 10.8. The van der Waals surface area contributed by atoms with Crippen LogP contribution in [0.1, 0.15) is 31.7 Å². The minimum Gasteiger partial charge on any atom is -0.491 e. The third-order valence-corrected chi connectivity index (χ3v) is 7.46. The number of halogens is 1. The van der Waals surface area contributed by atoms with Crippen LogP contribution in [0.2, 0.25) is 0 Å². The van der Waals surface area contributed by atoms with Gasteiger partial charge in [0, 0.05) is 19.3 Å². The minimum atomic E-state index is -3.55. The maximum absolute atomic E-state index is 14.0. The monoisotopic (exact) mass is 463 g/mol. The molecule has 1 saturated carbocycles. The van der Waals surface area contributed by atoms with Crippen LogP contribution in [0, 0.1) is 23.6 Å². The fourth-order valence-corrected chi connectivity index (χ4v) is 5.27. The third kappa shape index (κ3) is 5.56. The number of nitrogens with zero attached hydrogens (tertiary/aromatic N) is 3. The molecular formula is C23H30FN3O4S. The number of hydrogen-bond acceptors (Lipinski definition) is 7. The van der Waals surface area contributed by atoms with Crippen LogP contribution in [0.4, 0.5) is 10.3 Å². The van der Waals surface area contributed by atoms with Gasteiger partial charge in [-0.25, -0.2) is 22.8 Å². The van der Waals surface area contributed by atoms with Crippen molar-refractivity contribution in [2.75, 3.05) is 37.5 Å². The molecule has 2 heterocycles. The first-order chi connectivity index (χ1) is 15.3. The molecule has 1 aromatic carbocycles. The molecule has 1 aliphatic heterocycles. The molecule has 0 bridgehead atoms. The minimum absolute atomic E-state index is 0.273. The summed E-state index contributed by atoms with van der Waals surface area (Å²) in [7, 11) is -3.55. The Labute approximate surface area is 188 Å². The summed E-state index contributed by atoms with van der Waals surface area (Å²) >= 11 is 0. The lowest BCUT2D eigenvalue weighted by atomic mass is 9.91. The Morgan fingerprint density at radius 3 is 2.53 bits per heavy atom. The summed E-state index contributed by atoms with van der Waals surface area (Å²) in [6, 6.07) is 4.17. The maximum Gasteiger partial charge on any atom is 0.225 e. The largest absolute Gasteiger partial charge is 0.491 e. The molecule has 2 fully saturated rings.